The molecule has 1 atom stereocenters. The summed E-state index contributed by atoms with van der Waals surface area (Å²) in [6, 6.07) is 3.53. The highest BCUT2D eigenvalue weighted by Crippen LogP contribution is 2.35. The van der Waals surface area contributed by atoms with Crippen molar-refractivity contribution in [1.82, 2.24) is 0 Å². The summed E-state index contributed by atoms with van der Waals surface area (Å²) in [5.74, 6) is 0.176. The molecule has 1 fully saturated rings. The van der Waals surface area contributed by atoms with Gasteiger partial charge in [0.2, 0.25) is 0 Å². The van der Waals surface area contributed by atoms with Crippen molar-refractivity contribution in [2.24, 2.45) is 5.92 Å². The summed E-state index contributed by atoms with van der Waals surface area (Å²) in [4.78, 5) is 0. The normalized spacial score (nSPS) is 17.6. The molecule has 0 amide bonds. The Kier molecular flexibility index (Phi) is 3.08. The van der Waals surface area contributed by atoms with E-state index in [0.29, 0.717) is 6.04 Å². The highest BCUT2D eigenvalue weighted by atomic mass is 35.5. The second-order valence-electron chi connectivity index (χ2n) is 4.02. The molecule has 1 saturated carbocycles. The lowest BCUT2D eigenvalue weighted by atomic mass is 10.2. The number of rotatable bonds is 3. The van der Waals surface area contributed by atoms with Crippen molar-refractivity contribution < 1.29 is 4.39 Å². The highest BCUT2D eigenvalue weighted by Gasteiger charge is 2.27. The van der Waals surface area contributed by atoms with Crippen LogP contribution in [0.4, 0.5) is 10.1 Å². The Balaban J connectivity index is 2.14. The second kappa shape index (κ2) is 4.18. The monoisotopic (exact) mass is 247 g/mol. The molecule has 1 aromatic carbocycles. The van der Waals surface area contributed by atoms with Gasteiger partial charge in [-0.25, -0.2) is 4.39 Å². The van der Waals surface area contributed by atoms with Crippen LogP contribution in [0.2, 0.25) is 10.0 Å². The van der Waals surface area contributed by atoms with Gasteiger partial charge in [-0.1, -0.05) is 23.2 Å². The minimum Gasteiger partial charge on any atom is -0.382 e. The van der Waals surface area contributed by atoms with Crippen molar-refractivity contribution in [2.75, 3.05) is 5.32 Å². The molecule has 82 valence electrons. The molecule has 0 bridgehead atoms. The van der Waals surface area contributed by atoms with Crippen molar-refractivity contribution in [3.63, 3.8) is 0 Å². The average Bonchev–Trinajstić information content (AvgIpc) is 2.96. The molecule has 0 aromatic heterocycles. The highest BCUT2D eigenvalue weighted by molar-refractivity contribution is 6.35. The fourth-order valence-electron chi connectivity index (χ4n) is 1.62. The molecule has 1 N–H and O–H groups in total. The molecule has 1 aliphatic carbocycles. The number of hydrogen-bond acceptors (Lipinski definition) is 1. The lowest BCUT2D eigenvalue weighted by molar-refractivity contribution is 0.628. The minimum atomic E-state index is -0.553. The van der Waals surface area contributed by atoms with Crippen LogP contribution in [0, 0.1) is 11.7 Å². The Labute approximate surface area is 98.6 Å². The first-order valence-electron chi connectivity index (χ1n) is 4.99. The quantitative estimate of drug-likeness (QED) is 0.784. The lowest BCUT2D eigenvalue weighted by Gasteiger charge is -2.15. The van der Waals surface area contributed by atoms with Gasteiger partial charge >= 0.3 is 0 Å². The minimum absolute atomic E-state index is 0.0630. The summed E-state index contributed by atoms with van der Waals surface area (Å²) in [6.45, 7) is 2.11. The lowest BCUT2D eigenvalue weighted by Crippen LogP contribution is -2.17. The first-order valence-corrected chi connectivity index (χ1v) is 5.74. The maximum Gasteiger partial charge on any atom is 0.160 e. The van der Waals surface area contributed by atoms with Gasteiger partial charge in [0.05, 0.1) is 10.0 Å². The number of nitrogens with one attached hydrogen (secondary N) is 1. The first kappa shape index (κ1) is 11.0. The fourth-order valence-corrected chi connectivity index (χ4v) is 2.10. The van der Waals surface area contributed by atoms with E-state index in [0.717, 1.165) is 11.6 Å². The summed E-state index contributed by atoms with van der Waals surface area (Å²) in [5.41, 5.74) is 0.783. The smallest absolute Gasteiger partial charge is 0.160 e. The van der Waals surface area contributed by atoms with E-state index in [-0.39, 0.29) is 10.0 Å². The zero-order valence-corrected chi connectivity index (χ0v) is 9.87. The number of halogens is 3. The van der Waals surface area contributed by atoms with E-state index in [1.807, 2.05) is 0 Å². The Hall–Kier alpha value is -0.470. The summed E-state index contributed by atoms with van der Waals surface area (Å²) in [7, 11) is 0. The molecule has 2 rings (SSSR count). The van der Waals surface area contributed by atoms with E-state index in [1.54, 1.807) is 12.1 Å². The molecule has 0 heterocycles. The van der Waals surface area contributed by atoms with E-state index in [4.69, 9.17) is 23.2 Å². The van der Waals surface area contributed by atoms with Crippen molar-refractivity contribution in [2.45, 2.75) is 25.8 Å². The molecule has 4 heteroatoms. The molecule has 1 aromatic rings. The standard InChI is InChI=1S/C11H12Cl2FN/c1-6(7-2-3-7)15-8-4-9(12)11(14)10(13)5-8/h4-7,15H,2-3H2,1H3. The van der Waals surface area contributed by atoms with Crippen molar-refractivity contribution >= 4 is 28.9 Å². The van der Waals surface area contributed by atoms with Gasteiger partial charge in [0.15, 0.2) is 5.82 Å². The Morgan fingerprint density at radius 3 is 2.33 bits per heavy atom. The molecule has 1 unspecified atom stereocenters. The van der Waals surface area contributed by atoms with Gasteiger partial charge in [-0.2, -0.15) is 0 Å². The van der Waals surface area contributed by atoms with Crippen LogP contribution in [0.1, 0.15) is 19.8 Å². The number of anilines is 1. The summed E-state index contributed by atoms with van der Waals surface area (Å²) < 4.78 is 13.1. The van der Waals surface area contributed by atoms with Crippen LogP contribution in [-0.2, 0) is 0 Å². The van der Waals surface area contributed by atoms with Gasteiger partial charge in [-0.05, 0) is 37.8 Å². The van der Waals surface area contributed by atoms with Crippen LogP contribution in [-0.4, -0.2) is 6.04 Å². The van der Waals surface area contributed by atoms with Crippen LogP contribution in [0.5, 0.6) is 0 Å². The molecular weight excluding hydrogens is 236 g/mol. The maximum absolute atomic E-state index is 13.1. The molecule has 1 nitrogen and oxygen atoms in total. The number of benzene rings is 1. The molecule has 0 saturated heterocycles. The van der Waals surface area contributed by atoms with Gasteiger partial charge in [0.25, 0.3) is 0 Å². The Bertz CT molecular complexity index is 354. The SMILES string of the molecule is CC(Nc1cc(Cl)c(F)c(Cl)c1)C1CC1. The van der Waals surface area contributed by atoms with E-state index >= 15 is 0 Å². The molecule has 0 aliphatic heterocycles. The zero-order chi connectivity index (χ0) is 11.0. The molecule has 1 aliphatic rings. The predicted octanol–water partition coefficient (Wildman–Crippen LogP) is 4.34. The molecule has 0 spiro atoms. The van der Waals surface area contributed by atoms with E-state index in [2.05, 4.69) is 12.2 Å². The van der Waals surface area contributed by atoms with Crippen LogP contribution >= 0.6 is 23.2 Å². The largest absolute Gasteiger partial charge is 0.382 e. The predicted molar refractivity (Wildman–Crippen MR) is 62.2 cm³/mol. The number of hydrogen-bond donors (Lipinski definition) is 1. The summed E-state index contributed by atoms with van der Waals surface area (Å²) in [5, 5.41) is 3.40. The second-order valence-corrected chi connectivity index (χ2v) is 4.84. The third-order valence-electron chi connectivity index (χ3n) is 2.71. The Morgan fingerprint density at radius 1 is 1.33 bits per heavy atom. The van der Waals surface area contributed by atoms with Crippen LogP contribution in [0.15, 0.2) is 12.1 Å². The van der Waals surface area contributed by atoms with Gasteiger partial charge in [0, 0.05) is 11.7 Å². The van der Waals surface area contributed by atoms with Crippen LogP contribution in [0.3, 0.4) is 0 Å². The molecule has 15 heavy (non-hydrogen) atoms. The topological polar surface area (TPSA) is 12.0 Å². The van der Waals surface area contributed by atoms with E-state index < -0.39 is 5.82 Å². The van der Waals surface area contributed by atoms with Crippen molar-refractivity contribution in [1.29, 1.82) is 0 Å². The maximum atomic E-state index is 13.1. The Morgan fingerprint density at radius 2 is 1.87 bits per heavy atom. The van der Waals surface area contributed by atoms with E-state index in [1.165, 1.54) is 12.8 Å². The van der Waals surface area contributed by atoms with E-state index in [9.17, 15) is 4.39 Å². The molecule has 0 radical (unpaired) electrons. The van der Waals surface area contributed by atoms with Crippen molar-refractivity contribution in [3.8, 4) is 0 Å². The zero-order valence-electron chi connectivity index (χ0n) is 8.36. The summed E-state index contributed by atoms with van der Waals surface area (Å²) >= 11 is 11.4. The van der Waals surface area contributed by atoms with Crippen molar-refractivity contribution in [3.05, 3.63) is 28.0 Å². The third kappa shape index (κ3) is 2.56. The van der Waals surface area contributed by atoms with Gasteiger partial charge in [-0.3, -0.25) is 0 Å². The summed E-state index contributed by atoms with van der Waals surface area (Å²) in [6.07, 6.45) is 2.52. The first-order chi connectivity index (χ1) is 7.08. The van der Waals surface area contributed by atoms with Gasteiger partial charge in [-0.15, -0.1) is 0 Å². The van der Waals surface area contributed by atoms with Gasteiger partial charge < -0.3 is 5.32 Å². The third-order valence-corrected chi connectivity index (χ3v) is 3.26. The van der Waals surface area contributed by atoms with Crippen LogP contribution < -0.4 is 5.32 Å². The molecular formula is C11H12Cl2FN. The fraction of sp³-hybridized carbons (Fsp3) is 0.455. The van der Waals surface area contributed by atoms with Crippen LogP contribution in [0.25, 0.3) is 0 Å². The van der Waals surface area contributed by atoms with Gasteiger partial charge in [0.1, 0.15) is 0 Å². The average molecular weight is 248 g/mol.